The summed E-state index contributed by atoms with van der Waals surface area (Å²) in [6, 6.07) is 10.9. The third kappa shape index (κ3) is 5.01. The minimum Gasteiger partial charge on any atom is -0.493 e. The molecular weight excluding hydrogens is 404 g/mol. The molecule has 0 aliphatic carbocycles. The van der Waals surface area contributed by atoms with Gasteiger partial charge in [-0.15, -0.1) is 0 Å². The number of hydrogen-bond acceptors (Lipinski definition) is 6. The summed E-state index contributed by atoms with van der Waals surface area (Å²) in [5.74, 6) is -0.612. The van der Waals surface area contributed by atoms with Crippen LogP contribution in [0.15, 0.2) is 46.3 Å². The molecule has 0 saturated carbocycles. The van der Waals surface area contributed by atoms with Crippen LogP contribution in [0.3, 0.4) is 0 Å². The second-order valence-electron chi connectivity index (χ2n) is 6.76. The molecule has 1 fully saturated rings. The van der Waals surface area contributed by atoms with Gasteiger partial charge in [0.15, 0.2) is 22.8 Å². The van der Waals surface area contributed by atoms with Crippen molar-refractivity contribution in [2.45, 2.75) is 26.9 Å². The van der Waals surface area contributed by atoms with Gasteiger partial charge in [0.25, 0.3) is 5.91 Å². The van der Waals surface area contributed by atoms with Crippen molar-refractivity contribution in [1.82, 2.24) is 5.32 Å². The average molecular weight is 426 g/mol. The van der Waals surface area contributed by atoms with Gasteiger partial charge in [-0.1, -0.05) is 12.1 Å². The summed E-state index contributed by atoms with van der Waals surface area (Å²) in [6.45, 7) is 5.49. The van der Waals surface area contributed by atoms with E-state index in [9.17, 15) is 9.59 Å². The predicted octanol–water partition coefficient (Wildman–Crippen LogP) is 4.06. The molecule has 2 aromatic rings. The highest BCUT2D eigenvalue weighted by molar-refractivity contribution is 8.18. The Morgan fingerprint density at radius 1 is 1.17 bits per heavy atom. The fourth-order valence-corrected chi connectivity index (χ4v) is 3.50. The molecule has 0 bridgehead atoms. The van der Waals surface area contributed by atoms with Gasteiger partial charge in [-0.3, -0.25) is 4.79 Å². The lowest BCUT2D eigenvalue weighted by Crippen LogP contribution is -2.23. The average Bonchev–Trinajstić information content (AvgIpc) is 3.04. The van der Waals surface area contributed by atoms with Crippen molar-refractivity contribution in [1.29, 1.82) is 0 Å². The summed E-state index contributed by atoms with van der Waals surface area (Å²) < 4.78 is 10.7. The number of carboxylic acid groups (broad SMARTS) is 1. The highest BCUT2D eigenvalue weighted by atomic mass is 32.2. The number of benzene rings is 2. The van der Waals surface area contributed by atoms with E-state index in [1.807, 2.05) is 32.0 Å². The first kappa shape index (κ1) is 21.4. The number of aliphatic carboxylic acids is 1. The monoisotopic (exact) mass is 426 g/mol. The Labute approximate surface area is 178 Å². The van der Waals surface area contributed by atoms with Crippen LogP contribution in [0, 0.1) is 13.8 Å². The Hall–Kier alpha value is -3.26. The molecule has 1 aliphatic rings. The second-order valence-corrected chi connectivity index (χ2v) is 7.79. The van der Waals surface area contributed by atoms with Gasteiger partial charge < -0.3 is 19.9 Å². The Morgan fingerprint density at radius 3 is 2.60 bits per heavy atom. The van der Waals surface area contributed by atoms with Crippen LogP contribution in [0.25, 0.3) is 6.08 Å². The quantitative estimate of drug-likeness (QED) is 0.676. The van der Waals surface area contributed by atoms with Gasteiger partial charge in [0.2, 0.25) is 0 Å². The predicted molar refractivity (Wildman–Crippen MR) is 117 cm³/mol. The van der Waals surface area contributed by atoms with Crippen LogP contribution in [0.4, 0.5) is 5.69 Å². The summed E-state index contributed by atoms with van der Waals surface area (Å²) in [6.07, 6.45) is 0.707. The molecule has 0 spiro atoms. The van der Waals surface area contributed by atoms with Crippen LogP contribution in [-0.4, -0.2) is 35.4 Å². The van der Waals surface area contributed by atoms with Gasteiger partial charge in [-0.05, 0) is 79.6 Å². The summed E-state index contributed by atoms with van der Waals surface area (Å²) in [7, 11) is 1.47. The number of amides is 1. The van der Waals surface area contributed by atoms with E-state index in [1.54, 1.807) is 24.3 Å². The lowest BCUT2D eigenvalue weighted by Gasteiger charge is -2.14. The van der Waals surface area contributed by atoms with Gasteiger partial charge in [-0.2, -0.15) is 0 Å². The van der Waals surface area contributed by atoms with Crippen LogP contribution in [-0.2, 0) is 9.59 Å². The van der Waals surface area contributed by atoms with E-state index in [4.69, 9.17) is 14.6 Å². The van der Waals surface area contributed by atoms with Gasteiger partial charge in [-0.25, -0.2) is 9.79 Å². The number of thioether (sulfide) groups is 1. The molecular formula is C22H22N2O5S. The van der Waals surface area contributed by atoms with Crippen LogP contribution in [0.1, 0.15) is 23.6 Å². The zero-order valence-electron chi connectivity index (χ0n) is 17.1. The van der Waals surface area contributed by atoms with Gasteiger partial charge in [0.1, 0.15) is 0 Å². The van der Waals surface area contributed by atoms with Gasteiger partial charge >= 0.3 is 5.97 Å². The number of carbonyl (C=O) groups is 2. The summed E-state index contributed by atoms with van der Waals surface area (Å²) in [5, 5.41) is 12.3. The third-order valence-electron chi connectivity index (χ3n) is 4.51. The molecule has 3 rings (SSSR count). The maximum atomic E-state index is 12.3. The van der Waals surface area contributed by atoms with Crippen molar-refractivity contribution >= 4 is 40.6 Å². The molecule has 1 unspecified atom stereocenters. The molecule has 1 heterocycles. The van der Waals surface area contributed by atoms with E-state index in [0.29, 0.717) is 27.1 Å². The maximum absolute atomic E-state index is 12.3. The highest BCUT2D eigenvalue weighted by Gasteiger charge is 2.24. The van der Waals surface area contributed by atoms with Crippen molar-refractivity contribution in [2.24, 2.45) is 4.99 Å². The molecule has 2 N–H and O–H groups in total. The maximum Gasteiger partial charge on any atom is 0.344 e. The standard InChI is InChI=1S/C22H22N2O5S/c1-12-5-7-16(9-13(12)2)23-22-24-20(25)19(30-22)11-15-6-8-17(18(10-15)28-4)29-14(3)21(26)27/h5-11,14H,1-4H3,(H,26,27)(H,23,24,25)/b19-11+. The number of amidine groups is 1. The normalized spacial score (nSPS) is 17.1. The van der Waals surface area contributed by atoms with Crippen molar-refractivity contribution in [3.63, 3.8) is 0 Å². The number of carbonyl (C=O) groups excluding carboxylic acids is 1. The summed E-state index contributed by atoms with van der Waals surface area (Å²) in [5.41, 5.74) is 3.81. The molecule has 8 heteroatoms. The van der Waals surface area contributed by atoms with E-state index >= 15 is 0 Å². The summed E-state index contributed by atoms with van der Waals surface area (Å²) in [4.78, 5) is 28.3. The van der Waals surface area contributed by atoms with E-state index in [0.717, 1.165) is 11.3 Å². The molecule has 30 heavy (non-hydrogen) atoms. The largest absolute Gasteiger partial charge is 0.493 e. The number of nitrogens with zero attached hydrogens (tertiary/aromatic N) is 1. The van der Waals surface area contributed by atoms with Gasteiger partial charge in [0, 0.05) is 0 Å². The molecule has 2 aromatic carbocycles. The summed E-state index contributed by atoms with van der Waals surface area (Å²) >= 11 is 1.25. The smallest absolute Gasteiger partial charge is 0.344 e. The molecule has 7 nitrogen and oxygen atoms in total. The Morgan fingerprint density at radius 2 is 1.93 bits per heavy atom. The van der Waals surface area contributed by atoms with Crippen LogP contribution < -0.4 is 14.8 Å². The topological polar surface area (TPSA) is 97.2 Å². The lowest BCUT2D eigenvalue weighted by atomic mass is 10.1. The van der Waals surface area contributed by atoms with E-state index < -0.39 is 12.1 Å². The van der Waals surface area contributed by atoms with Crippen LogP contribution >= 0.6 is 11.8 Å². The first-order valence-electron chi connectivity index (χ1n) is 9.21. The number of hydrogen-bond donors (Lipinski definition) is 2. The van der Waals surface area contributed by atoms with E-state index in [1.165, 1.54) is 31.4 Å². The van der Waals surface area contributed by atoms with Crippen molar-refractivity contribution in [3.05, 3.63) is 58.0 Å². The molecule has 0 aromatic heterocycles. The number of nitrogens with one attached hydrogen (secondary N) is 1. The highest BCUT2D eigenvalue weighted by Crippen LogP contribution is 2.33. The molecule has 0 radical (unpaired) electrons. The fourth-order valence-electron chi connectivity index (χ4n) is 2.66. The van der Waals surface area contributed by atoms with Gasteiger partial charge in [0.05, 0.1) is 17.7 Å². The minimum atomic E-state index is -1.07. The second kappa shape index (κ2) is 9.04. The fraction of sp³-hybridized carbons (Fsp3) is 0.227. The first-order chi connectivity index (χ1) is 14.3. The SMILES string of the molecule is COc1cc(/C=C2/SC(=Nc3ccc(C)c(C)c3)NC2=O)ccc1OC(C)C(=O)O. The van der Waals surface area contributed by atoms with Crippen LogP contribution in [0.5, 0.6) is 11.5 Å². The molecule has 1 amide bonds. The minimum absolute atomic E-state index is 0.235. The zero-order chi connectivity index (χ0) is 21.8. The van der Waals surface area contributed by atoms with Crippen molar-refractivity contribution < 1.29 is 24.2 Å². The number of aryl methyl sites for hydroxylation is 2. The number of rotatable bonds is 6. The third-order valence-corrected chi connectivity index (χ3v) is 5.42. The van der Waals surface area contributed by atoms with E-state index in [-0.39, 0.29) is 5.91 Å². The van der Waals surface area contributed by atoms with Crippen LogP contribution in [0.2, 0.25) is 0 Å². The van der Waals surface area contributed by atoms with E-state index in [2.05, 4.69) is 10.3 Å². The molecule has 1 atom stereocenters. The molecule has 156 valence electrons. The number of aliphatic imine (C=N–C) groups is 1. The van der Waals surface area contributed by atoms with Crippen molar-refractivity contribution in [3.8, 4) is 11.5 Å². The zero-order valence-corrected chi connectivity index (χ0v) is 17.9. The molecule has 1 aliphatic heterocycles. The Kier molecular flexibility index (Phi) is 6.47. The first-order valence-corrected chi connectivity index (χ1v) is 10.0. The Balaban J connectivity index is 1.81. The lowest BCUT2D eigenvalue weighted by molar-refractivity contribution is -0.144. The molecule has 1 saturated heterocycles. The number of carboxylic acids is 1. The van der Waals surface area contributed by atoms with Crippen molar-refractivity contribution in [2.75, 3.05) is 7.11 Å². The Bertz CT molecular complexity index is 1060. The number of methoxy groups -OCH3 is 1. The number of ether oxygens (including phenoxy) is 2.